The summed E-state index contributed by atoms with van der Waals surface area (Å²) >= 11 is 0. The van der Waals surface area contributed by atoms with E-state index in [0.29, 0.717) is 25.5 Å². The minimum atomic E-state index is -0.0613. The normalized spacial score (nSPS) is 13.1. The number of rotatable bonds is 6. The Morgan fingerprint density at radius 1 is 1.50 bits per heavy atom. The van der Waals surface area contributed by atoms with Crippen molar-refractivity contribution in [1.29, 1.82) is 0 Å². The van der Waals surface area contributed by atoms with Crippen molar-refractivity contribution in [2.75, 3.05) is 20.8 Å². The largest absolute Gasteiger partial charge is 0.382 e. The van der Waals surface area contributed by atoms with Crippen molar-refractivity contribution in [2.45, 2.75) is 19.2 Å². The van der Waals surface area contributed by atoms with Crippen LogP contribution in [0.5, 0.6) is 0 Å². The lowest BCUT2D eigenvalue weighted by Crippen LogP contribution is -2.26. The Hall–Kier alpha value is -1.05. The number of methoxy groups -OCH3 is 2. The molecule has 0 amide bonds. The number of hydrogen-bond acceptors (Lipinski definition) is 6. The molecular formula is C7H15N5O2. The SMILES string of the molecule is COCC(Cn1nnnc1CN)OC. The smallest absolute Gasteiger partial charge is 0.164 e. The fourth-order valence-corrected chi connectivity index (χ4v) is 1.09. The Bertz CT molecular complexity index is 264. The molecule has 1 aromatic heterocycles. The molecule has 0 aliphatic heterocycles. The Morgan fingerprint density at radius 3 is 2.86 bits per heavy atom. The highest BCUT2D eigenvalue weighted by Crippen LogP contribution is 1.98. The maximum atomic E-state index is 5.45. The van der Waals surface area contributed by atoms with Gasteiger partial charge in [0.15, 0.2) is 5.82 Å². The number of ether oxygens (including phenoxy) is 2. The van der Waals surface area contributed by atoms with Crippen LogP contribution < -0.4 is 5.73 Å². The first-order valence-electron chi connectivity index (χ1n) is 4.28. The summed E-state index contributed by atoms with van der Waals surface area (Å²) in [5.41, 5.74) is 5.45. The number of nitrogens with two attached hydrogens (primary N) is 1. The van der Waals surface area contributed by atoms with Gasteiger partial charge in [0.05, 0.1) is 19.7 Å². The lowest BCUT2D eigenvalue weighted by molar-refractivity contribution is 0.0155. The zero-order valence-electron chi connectivity index (χ0n) is 8.38. The zero-order chi connectivity index (χ0) is 10.4. The van der Waals surface area contributed by atoms with Crippen molar-refractivity contribution in [1.82, 2.24) is 20.2 Å². The standard InChI is InChI=1S/C7H15N5O2/c1-13-5-6(14-2)4-12-7(3-8)9-10-11-12/h6H,3-5,8H2,1-2H3. The van der Waals surface area contributed by atoms with E-state index < -0.39 is 0 Å². The maximum Gasteiger partial charge on any atom is 0.164 e. The fourth-order valence-electron chi connectivity index (χ4n) is 1.09. The van der Waals surface area contributed by atoms with Crippen molar-refractivity contribution in [3.05, 3.63) is 5.82 Å². The van der Waals surface area contributed by atoms with E-state index in [1.54, 1.807) is 18.9 Å². The van der Waals surface area contributed by atoms with Gasteiger partial charge in [-0.25, -0.2) is 4.68 Å². The minimum absolute atomic E-state index is 0.0613. The first-order chi connectivity index (χ1) is 6.81. The molecule has 80 valence electrons. The lowest BCUT2D eigenvalue weighted by atomic mass is 10.3. The summed E-state index contributed by atoms with van der Waals surface area (Å²) < 4.78 is 11.8. The highest BCUT2D eigenvalue weighted by atomic mass is 16.5. The van der Waals surface area contributed by atoms with Gasteiger partial charge in [-0.05, 0) is 10.4 Å². The molecule has 14 heavy (non-hydrogen) atoms. The molecular weight excluding hydrogens is 186 g/mol. The monoisotopic (exact) mass is 201 g/mol. The van der Waals surface area contributed by atoms with Crippen LogP contribution in [0.1, 0.15) is 5.82 Å². The van der Waals surface area contributed by atoms with Crippen LogP contribution in [0, 0.1) is 0 Å². The third kappa shape index (κ3) is 2.72. The Kier molecular flexibility index (Phi) is 4.44. The molecule has 0 radical (unpaired) electrons. The van der Waals surface area contributed by atoms with Crippen molar-refractivity contribution >= 4 is 0 Å². The maximum absolute atomic E-state index is 5.45. The molecule has 7 nitrogen and oxygen atoms in total. The third-order valence-corrected chi connectivity index (χ3v) is 1.85. The van der Waals surface area contributed by atoms with Gasteiger partial charge in [-0.1, -0.05) is 0 Å². The summed E-state index contributed by atoms with van der Waals surface area (Å²) in [5, 5.41) is 11.1. The molecule has 7 heteroatoms. The van der Waals surface area contributed by atoms with Crippen molar-refractivity contribution in [3.8, 4) is 0 Å². The molecule has 1 heterocycles. The topological polar surface area (TPSA) is 88.1 Å². The fraction of sp³-hybridized carbons (Fsp3) is 0.857. The number of tetrazole rings is 1. The van der Waals surface area contributed by atoms with E-state index >= 15 is 0 Å². The third-order valence-electron chi connectivity index (χ3n) is 1.85. The van der Waals surface area contributed by atoms with Crippen LogP contribution in [0.2, 0.25) is 0 Å². The second kappa shape index (κ2) is 5.63. The number of aromatic nitrogens is 4. The van der Waals surface area contributed by atoms with Gasteiger partial charge < -0.3 is 15.2 Å². The highest BCUT2D eigenvalue weighted by molar-refractivity contribution is 4.79. The molecule has 0 saturated heterocycles. The van der Waals surface area contributed by atoms with Gasteiger partial charge in [0, 0.05) is 14.2 Å². The molecule has 1 unspecified atom stereocenters. The van der Waals surface area contributed by atoms with E-state index in [0.717, 1.165) is 0 Å². The van der Waals surface area contributed by atoms with Crippen LogP contribution in [0.4, 0.5) is 0 Å². The Labute approximate surface area is 82.2 Å². The summed E-state index contributed by atoms with van der Waals surface area (Å²) in [5.74, 6) is 0.642. The molecule has 1 rings (SSSR count). The summed E-state index contributed by atoms with van der Waals surface area (Å²) in [7, 11) is 3.24. The van der Waals surface area contributed by atoms with Crippen LogP contribution in [0.15, 0.2) is 0 Å². The zero-order valence-corrected chi connectivity index (χ0v) is 8.38. The molecule has 0 saturated carbocycles. The second-order valence-corrected chi connectivity index (χ2v) is 2.79. The predicted molar refractivity (Wildman–Crippen MR) is 48.4 cm³/mol. The predicted octanol–water partition coefficient (Wildman–Crippen LogP) is -1.21. The highest BCUT2D eigenvalue weighted by Gasteiger charge is 2.11. The van der Waals surface area contributed by atoms with E-state index in [1.807, 2.05) is 0 Å². The van der Waals surface area contributed by atoms with Gasteiger partial charge in [-0.2, -0.15) is 0 Å². The lowest BCUT2D eigenvalue weighted by Gasteiger charge is -2.14. The quantitative estimate of drug-likeness (QED) is 0.621. The minimum Gasteiger partial charge on any atom is -0.382 e. The molecule has 0 aromatic carbocycles. The van der Waals surface area contributed by atoms with Gasteiger partial charge in [0.1, 0.15) is 6.10 Å². The average Bonchev–Trinajstić information content (AvgIpc) is 2.64. The first-order valence-corrected chi connectivity index (χ1v) is 4.28. The molecule has 0 spiro atoms. The van der Waals surface area contributed by atoms with E-state index in [4.69, 9.17) is 15.2 Å². The molecule has 1 aromatic rings. The van der Waals surface area contributed by atoms with Gasteiger partial charge in [-0.15, -0.1) is 5.10 Å². The molecule has 0 bridgehead atoms. The van der Waals surface area contributed by atoms with Crippen LogP contribution in [-0.4, -0.2) is 47.1 Å². The van der Waals surface area contributed by atoms with Crippen molar-refractivity contribution < 1.29 is 9.47 Å². The van der Waals surface area contributed by atoms with E-state index in [-0.39, 0.29) is 6.10 Å². The van der Waals surface area contributed by atoms with E-state index in [1.165, 1.54) is 0 Å². The first kappa shape index (κ1) is 11.0. The second-order valence-electron chi connectivity index (χ2n) is 2.79. The molecule has 0 aliphatic rings. The molecule has 0 aliphatic carbocycles. The summed E-state index contributed by atoms with van der Waals surface area (Å²) in [6.07, 6.45) is -0.0613. The van der Waals surface area contributed by atoms with Crippen LogP contribution >= 0.6 is 0 Å². The summed E-state index contributed by atoms with van der Waals surface area (Å²) in [6.45, 7) is 1.36. The van der Waals surface area contributed by atoms with Crippen LogP contribution in [0.25, 0.3) is 0 Å². The van der Waals surface area contributed by atoms with E-state index in [9.17, 15) is 0 Å². The molecule has 1 atom stereocenters. The van der Waals surface area contributed by atoms with Crippen molar-refractivity contribution in [2.24, 2.45) is 5.73 Å². The van der Waals surface area contributed by atoms with E-state index in [2.05, 4.69) is 15.5 Å². The average molecular weight is 201 g/mol. The summed E-state index contributed by atoms with van der Waals surface area (Å²) in [6, 6.07) is 0. The van der Waals surface area contributed by atoms with Crippen molar-refractivity contribution in [3.63, 3.8) is 0 Å². The Balaban J connectivity index is 2.56. The summed E-state index contributed by atoms with van der Waals surface area (Å²) in [4.78, 5) is 0. The van der Waals surface area contributed by atoms with Crippen LogP contribution in [0.3, 0.4) is 0 Å². The molecule has 2 N–H and O–H groups in total. The van der Waals surface area contributed by atoms with Gasteiger partial charge >= 0.3 is 0 Å². The van der Waals surface area contributed by atoms with Gasteiger partial charge in [-0.3, -0.25) is 0 Å². The van der Waals surface area contributed by atoms with Crippen LogP contribution in [-0.2, 0) is 22.6 Å². The number of nitrogens with zero attached hydrogens (tertiary/aromatic N) is 4. The van der Waals surface area contributed by atoms with Gasteiger partial charge in [0.25, 0.3) is 0 Å². The Morgan fingerprint density at radius 2 is 2.29 bits per heavy atom. The molecule has 0 fully saturated rings. The number of hydrogen-bond donors (Lipinski definition) is 1. The van der Waals surface area contributed by atoms with Gasteiger partial charge in [0.2, 0.25) is 0 Å².